The van der Waals surface area contributed by atoms with E-state index in [0.29, 0.717) is 0 Å². The molecule has 90 valence electrons. The molecule has 1 aromatic rings. The summed E-state index contributed by atoms with van der Waals surface area (Å²) in [5, 5.41) is 16.9. The summed E-state index contributed by atoms with van der Waals surface area (Å²) >= 11 is 0. The Kier molecular flexibility index (Phi) is 3.68. The second-order valence-electron chi connectivity index (χ2n) is 3.12. The molecular formula is C8H11NO6S. The second-order valence-corrected chi connectivity index (χ2v) is 4.82. The highest BCUT2D eigenvalue weighted by atomic mass is 32.2. The van der Waals surface area contributed by atoms with Crippen LogP contribution in [0.3, 0.4) is 0 Å². The van der Waals surface area contributed by atoms with Gasteiger partial charge in [0, 0.05) is 6.54 Å². The molecule has 1 heterocycles. The SMILES string of the molecule is CC(O)CNS(=O)(=O)c1ccc(C(=O)O)o1. The van der Waals surface area contributed by atoms with Gasteiger partial charge in [-0.2, -0.15) is 0 Å². The number of carboxylic acid groups (broad SMARTS) is 1. The molecule has 0 amide bonds. The highest BCUT2D eigenvalue weighted by Gasteiger charge is 2.20. The number of carbonyl (C=O) groups is 1. The molecule has 1 atom stereocenters. The van der Waals surface area contributed by atoms with Gasteiger partial charge in [0.2, 0.25) is 10.9 Å². The topological polar surface area (TPSA) is 117 Å². The number of hydrogen-bond acceptors (Lipinski definition) is 5. The molecule has 0 aromatic carbocycles. The summed E-state index contributed by atoms with van der Waals surface area (Å²) in [6, 6.07) is 2.08. The molecule has 1 unspecified atom stereocenters. The Balaban J connectivity index is 2.86. The minimum Gasteiger partial charge on any atom is -0.475 e. The molecule has 1 aromatic heterocycles. The second kappa shape index (κ2) is 4.64. The normalized spacial score (nSPS) is 13.6. The standard InChI is InChI=1S/C8H11NO6S/c1-5(10)4-9-16(13,14)7-3-2-6(15-7)8(11)12/h2-3,5,9-10H,4H2,1H3,(H,11,12). The molecule has 0 radical (unpaired) electrons. The number of rotatable bonds is 5. The zero-order valence-corrected chi connectivity index (χ0v) is 9.19. The number of nitrogens with one attached hydrogen (secondary N) is 1. The van der Waals surface area contributed by atoms with Crippen LogP contribution < -0.4 is 4.72 Å². The maximum atomic E-state index is 11.5. The number of furan rings is 1. The number of aliphatic hydroxyl groups excluding tert-OH is 1. The zero-order chi connectivity index (χ0) is 12.3. The van der Waals surface area contributed by atoms with E-state index in [1.807, 2.05) is 0 Å². The molecule has 0 bridgehead atoms. The van der Waals surface area contributed by atoms with Gasteiger partial charge >= 0.3 is 5.97 Å². The smallest absolute Gasteiger partial charge is 0.371 e. The lowest BCUT2D eigenvalue weighted by Crippen LogP contribution is -2.30. The lowest BCUT2D eigenvalue weighted by molar-refractivity contribution is 0.0656. The average Bonchev–Trinajstić information content (AvgIpc) is 2.64. The summed E-state index contributed by atoms with van der Waals surface area (Å²) < 4.78 is 29.6. The van der Waals surface area contributed by atoms with E-state index in [1.165, 1.54) is 6.92 Å². The molecule has 0 aliphatic heterocycles. The van der Waals surface area contributed by atoms with Crippen molar-refractivity contribution in [3.8, 4) is 0 Å². The molecule has 0 aliphatic carbocycles. The van der Waals surface area contributed by atoms with Crippen molar-refractivity contribution in [2.24, 2.45) is 0 Å². The monoisotopic (exact) mass is 249 g/mol. The molecule has 0 saturated heterocycles. The van der Waals surface area contributed by atoms with Gasteiger partial charge in [-0.1, -0.05) is 0 Å². The Labute approximate surface area is 91.7 Å². The molecule has 16 heavy (non-hydrogen) atoms. The van der Waals surface area contributed by atoms with Crippen LogP contribution in [0, 0.1) is 0 Å². The Hall–Kier alpha value is -1.38. The van der Waals surface area contributed by atoms with Gasteiger partial charge in [0.25, 0.3) is 10.0 Å². The Morgan fingerprint density at radius 1 is 1.56 bits per heavy atom. The third-order valence-corrected chi connectivity index (χ3v) is 2.92. The van der Waals surface area contributed by atoms with Crippen LogP contribution in [0.15, 0.2) is 21.6 Å². The molecule has 1 rings (SSSR count). The summed E-state index contributed by atoms with van der Waals surface area (Å²) in [4.78, 5) is 10.5. The first-order valence-electron chi connectivity index (χ1n) is 4.34. The van der Waals surface area contributed by atoms with Crippen molar-refractivity contribution >= 4 is 16.0 Å². The van der Waals surface area contributed by atoms with Crippen molar-refractivity contribution < 1.29 is 27.8 Å². The molecule has 7 nitrogen and oxygen atoms in total. The van der Waals surface area contributed by atoms with Crippen molar-refractivity contribution in [2.75, 3.05) is 6.54 Å². The minimum absolute atomic E-state index is 0.175. The van der Waals surface area contributed by atoms with Crippen LogP contribution in [0.1, 0.15) is 17.5 Å². The van der Waals surface area contributed by atoms with Gasteiger partial charge in [-0.15, -0.1) is 0 Å². The highest BCUT2D eigenvalue weighted by molar-refractivity contribution is 7.89. The Bertz CT molecular complexity index is 474. The van der Waals surface area contributed by atoms with Crippen LogP contribution >= 0.6 is 0 Å². The van der Waals surface area contributed by atoms with Crippen molar-refractivity contribution in [3.05, 3.63) is 17.9 Å². The Morgan fingerprint density at radius 2 is 2.19 bits per heavy atom. The summed E-state index contributed by atoms with van der Waals surface area (Å²) in [6.45, 7) is 1.23. The summed E-state index contributed by atoms with van der Waals surface area (Å²) in [5.74, 6) is -1.81. The highest BCUT2D eigenvalue weighted by Crippen LogP contribution is 2.13. The van der Waals surface area contributed by atoms with E-state index in [-0.39, 0.29) is 6.54 Å². The summed E-state index contributed by atoms with van der Waals surface area (Å²) in [7, 11) is -3.91. The van der Waals surface area contributed by atoms with Crippen LogP contribution in [0.25, 0.3) is 0 Å². The fourth-order valence-electron chi connectivity index (χ4n) is 0.881. The lowest BCUT2D eigenvalue weighted by atomic mass is 10.4. The van der Waals surface area contributed by atoms with E-state index >= 15 is 0 Å². The predicted molar refractivity (Wildman–Crippen MR) is 52.5 cm³/mol. The van der Waals surface area contributed by atoms with E-state index in [2.05, 4.69) is 9.14 Å². The number of hydrogen-bond donors (Lipinski definition) is 3. The largest absolute Gasteiger partial charge is 0.475 e. The first kappa shape index (κ1) is 12.7. The van der Waals surface area contributed by atoms with Crippen molar-refractivity contribution in [1.82, 2.24) is 4.72 Å². The minimum atomic E-state index is -3.91. The van der Waals surface area contributed by atoms with E-state index < -0.39 is 32.9 Å². The van der Waals surface area contributed by atoms with Crippen LogP contribution in [-0.2, 0) is 10.0 Å². The fraction of sp³-hybridized carbons (Fsp3) is 0.375. The lowest BCUT2D eigenvalue weighted by Gasteiger charge is -2.05. The maximum Gasteiger partial charge on any atom is 0.371 e. The first-order valence-corrected chi connectivity index (χ1v) is 5.82. The average molecular weight is 249 g/mol. The molecular weight excluding hydrogens is 238 g/mol. The van der Waals surface area contributed by atoms with Crippen molar-refractivity contribution in [1.29, 1.82) is 0 Å². The van der Waals surface area contributed by atoms with Crippen LogP contribution in [0.2, 0.25) is 0 Å². The molecule has 0 spiro atoms. The van der Waals surface area contributed by atoms with Crippen molar-refractivity contribution in [3.63, 3.8) is 0 Å². The quantitative estimate of drug-likeness (QED) is 0.655. The molecule has 3 N–H and O–H groups in total. The molecule has 8 heteroatoms. The van der Waals surface area contributed by atoms with Gasteiger partial charge in [0.15, 0.2) is 0 Å². The third-order valence-electron chi connectivity index (χ3n) is 1.63. The maximum absolute atomic E-state index is 11.5. The van der Waals surface area contributed by atoms with E-state index in [1.54, 1.807) is 0 Å². The number of aliphatic hydroxyl groups is 1. The van der Waals surface area contributed by atoms with Crippen molar-refractivity contribution in [2.45, 2.75) is 18.1 Å². The fourth-order valence-corrected chi connectivity index (χ4v) is 1.93. The number of sulfonamides is 1. The van der Waals surface area contributed by atoms with Gasteiger partial charge in [0.1, 0.15) is 0 Å². The molecule has 0 aliphatic rings. The van der Waals surface area contributed by atoms with Gasteiger partial charge in [-0.3, -0.25) is 0 Å². The van der Waals surface area contributed by atoms with Gasteiger partial charge < -0.3 is 14.6 Å². The van der Waals surface area contributed by atoms with E-state index in [4.69, 9.17) is 10.2 Å². The van der Waals surface area contributed by atoms with Gasteiger partial charge in [-0.25, -0.2) is 17.9 Å². The molecule has 0 fully saturated rings. The predicted octanol–water partition coefficient (Wildman–Crippen LogP) is -0.363. The number of aromatic carboxylic acids is 1. The van der Waals surface area contributed by atoms with Gasteiger partial charge in [-0.05, 0) is 19.1 Å². The summed E-state index contributed by atoms with van der Waals surface area (Å²) in [6.07, 6.45) is -0.844. The zero-order valence-electron chi connectivity index (χ0n) is 8.37. The van der Waals surface area contributed by atoms with Crippen LogP contribution in [-0.4, -0.2) is 37.2 Å². The molecule has 0 saturated carbocycles. The summed E-state index contributed by atoms with van der Waals surface area (Å²) in [5.41, 5.74) is 0. The van der Waals surface area contributed by atoms with Crippen LogP contribution in [0.5, 0.6) is 0 Å². The Morgan fingerprint density at radius 3 is 2.62 bits per heavy atom. The third kappa shape index (κ3) is 3.05. The van der Waals surface area contributed by atoms with E-state index in [9.17, 15) is 13.2 Å². The first-order chi connectivity index (χ1) is 7.33. The van der Waals surface area contributed by atoms with E-state index in [0.717, 1.165) is 12.1 Å². The van der Waals surface area contributed by atoms with Crippen LogP contribution in [0.4, 0.5) is 0 Å². The number of carboxylic acids is 1. The van der Waals surface area contributed by atoms with Gasteiger partial charge in [0.05, 0.1) is 6.10 Å².